The van der Waals surface area contributed by atoms with Crippen molar-refractivity contribution in [1.29, 1.82) is 0 Å². The van der Waals surface area contributed by atoms with E-state index in [4.69, 9.17) is 0 Å². The van der Waals surface area contributed by atoms with Crippen molar-refractivity contribution in [2.75, 3.05) is 0 Å². The van der Waals surface area contributed by atoms with Gasteiger partial charge < -0.3 is 0 Å². The van der Waals surface area contributed by atoms with E-state index in [1.165, 1.54) is 16.7 Å². The maximum Gasteiger partial charge on any atom is -0.0152 e. The van der Waals surface area contributed by atoms with Gasteiger partial charge >= 0.3 is 0 Å². The molecule has 0 spiro atoms. The molecule has 0 aliphatic carbocycles. The normalized spacial score (nSPS) is 12.1. The Morgan fingerprint density at radius 3 is 2.56 bits per heavy atom. The predicted octanol–water partition coefficient (Wildman–Crippen LogP) is 4.92. The molecule has 0 radical (unpaired) electrons. The van der Waals surface area contributed by atoms with Gasteiger partial charge in [-0.05, 0) is 37.0 Å². The van der Waals surface area contributed by atoms with Crippen LogP contribution in [-0.2, 0) is 0 Å². The molecule has 0 fully saturated rings. The first-order valence-corrected chi connectivity index (χ1v) is 5.75. The summed E-state index contributed by atoms with van der Waals surface area (Å²) < 4.78 is 0. The zero-order valence-electron chi connectivity index (χ0n) is 10.5. The van der Waals surface area contributed by atoms with Crippen LogP contribution in [-0.4, -0.2) is 0 Å². The van der Waals surface area contributed by atoms with Crippen molar-refractivity contribution in [3.8, 4) is 0 Å². The van der Waals surface area contributed by atoms with Crippen molar-refractivity contribution < 1.29 is 0 Å². The average molecular weight is 212 g/mol. The Kier molecular flexibility index (Phi) is 4.78. The lowest BCUT2D eigenvalue weighted by atomic mass is 9.95. The molecule has 0 aromatic heterocycles. The molecule has 0 N–H and O–H groups in total. The summed E-state index contributed by atoms with van der Waals surface area (Å²) in [6.45, 7) is 10.4. The summed E-state index contributed by atoms with van der Waals surface area (Å²) in [5.41, 5.74) is 4.90. The van der Waals surface area contributed by atoms with E-state index in [2.05, 4.69) is 69.8 Å². The molecule has 0 saturated carbocycles. The first kappa shape index (κ1) is 12.5. The van der Waals surface area contributed by atoms with Crippen LogP contribution in [0.3, 0.4) is 0 Å². The number of benzene rings is 1. The van der Waals surface area contributed by atoms with Crippen molar-refractivity contribution in [3.63, 3.8) is 0 Å². The van der Waals surface area contributed by atoms with Gasteiger partial charge in [-0.3, -0.25) is 0 Å². The highest BCUT2D eigenvalue weighted by Crippen LogP contribution is 2.24. The van der Waals surface area contributed by atoms with Gasteiger partial charge in [-0.25, -0.2) is 0 Å². The quantitative estimate of drug-likeness (QED) is 0.621. The van der Waals surface area contributed by atoms with Gasteiger partial charge in [0.2, 0.25) is 0 Å². The van der Waals surface area contributed by atoms with E-state index in [1.807, 2.05) is 0 Å². The minimum absolute atomic E-state index is 1.06. The number of hydrogen-bond donors (Lipinski definition) is 0. The maximum atomic E-state index is 4.05. The maximum absolute atomic E-state index is 4.05. The monoisotopic (exact) mass is 212 g/mol. The summed E-state index contributed by atoms with van der Waals surface area (Å²) in [7, 11) is 0. The molecule has 1 rings (SSSR count). The number of hydrogen-bond acceptors (Lipinski definition) is 0. The van der Waals surface area contributed by atoms with Gasteiger partial charge in [0.25, 0.3) is 0 Å². The molecule has 0 saturated heterocycles. The molecule has 0 heterocycles. The van der Waals surface area contributed by atoms with E-state index >= 15 is 0 Å². The van der Waals surface area contributed by atoms with Crippen molar-refractivity contribution in [3.05, 3.63) is 65.8 Å². The van der Waals surface area contributed by atoms with Crippen molar-refractivity contribution in [2.45, 2.75) is 27.2 Å². The first-order chi connectivity index (χ1) is 7.66. The Morgan fingerprint density at radius 2 is 2.00 bits per heavy atom. The van der Waals surface area contributed by atoms with Crippen molar-refractivity contribution >= 4 is 5.57 Å². The molecule has 1 aromatic carbocycles. The minimum Gasteiger partial charge on any atom is -0.0955 e. The smallest absolute Gasteiger partial charge is 0.0152 e. The summed E-state index contributed by atoms with van der Waals surface area (Å²) >= 11 is 0. The van der Waals surface area contributed by atoms with Crippen molar-refractivity contribution in [2.24, 2.45) is 0 Å². The molecule has 84 valence electrons. The SMILES string of the molecule is C=C(C)/C(=C\C=C/CC)c1ccccc1C. The predicted molar refractivity (Wildman–Crippen MR) is 73.4 cm³/mol. The van der Waals surface area contributed by atoms with Crippen LogP contribution in [0, 0.1) is 6.92 Å². The molecule has 16 heavy (non-hydrogen) atoms. The van der Waals surface area contributed by atoms with Crippen molar-refractivity contribution in [1.82, 2.24) is 0 Å². The van der Waals surface area contributed by atoms with Crippen LogP contribution >= 0.6 is 0 Å². The fraction of sp³-hybridized carbons (Fsp3) is 0.250. The van der Waals surface area contributed by atoms with E-state index < -0.39 is 0 Å². The number of rotatable bonds is 4. The number of aryl methyl sites for hydroxylation is 1. The summed E-state index contributed by atoms with van der Waals surface area (Å²) in [5.74, 6) is 0. The lowest BCUT2D eigenvalue weighted by Gasteiger charge is -2.09. The summed E-state index contributed by atoms with van der Waals surface area (Å²) in [6.07, 6.45) is 7.47. The summed E-state index contributed by atoms with van der Waals surface area (Å²) in [6, 6.07) is 8.42. The van der Waals surface area contributed by atoms with Gasteiger partial charge in [0.1, 0.15) is 0 Å². The zero-order valence-corrected chi connectivity index (χ0v) is 10.5. The third kappa shape index (κ3) is 3.23. The average Bonchev–Trinajstić information content (AvgIpc) is 2.25. The third-order valence-electron chi connectivity index (χ3n) is 2.53. The van der Waals surface area contributed by atoms with E-state index in [1.54, 1.807) is 0 Å². The van der Waals surface area contributed by atoms with Gasteiger partial charge in [0, 0.05) is 0 Å². The van der Waals surface area contributed by atoms with Crippen LogP contribution in [0.15, 0.2) is 54.6 Å². The van der Waals surface area contributed by atoms with Crippen LogP contribution in [0.5, 0.6) is 0 Å². The Labute approximate surface area is 99.0 Å². The van der Waals surface area contributed by atoms with Gasteiger partial charge in [-0.15, -0.1) is 0 Å². The van der Waals surface area contributed by atoms with Crippen LogP contribution in [0.2, 0.25) is 0 Å². The van der Waals surface area contributed by atoms with Crippen LogP contribution in [0.25, 0.3) is 5.57 Å². The van der Waals surface area contributed by atoms with Gasteiger partial charge in [-0.1, -0.05) is 61.6 Å². The molecule has 0 nitrogen and oxygen atoms in total. The molecular formula is C16H20. The largest absolute Gasteiger partial charge is 0.0955 e. The molecule has 0 unspecified atom stereocenters. The standard InChI is InChI=1S/C16H20/c1-5-6-7-11-15(13(2)3)16-12-9-8-10-14(16)4/h6-12H,2,5H2,1,3-4H3/b7-6-,15-11+. The molecule has 0 aliphatic rings. The Bertz CT molecular complexity index is 419. The van der Waals surface area contributed by atoms with Gasteiger partial charge in [0.05, 0.1) is 0 Å². The molecule has 0 atom stereocenters. The summed E-state index contributed by atoms with van der Waals surface area (Å²) in [5, 5.41) is 0. The molecule has 0 heteroatoms. The molecule has 0 amide bonds. The van der Waals surface area contributed by atoms with E-state index in [9.17, 15) is 0 Å². The minimum atomic E-state index is 1.06. The second-order valence-electron chi connectivity index (χ2n) is 4.01. The van der Waals surface area contributed by atoms with Gasteiger partial charge in [-0.2, -0.15) is 0 Å². The molecular weight excluding hydrogens is 192 g/mol. The lowest BCUT2D eigenvalue weighted by Crippen LogP contribution is -1.89. The Balaban J connectivity index is 3.13. The van der Waals surface area contributed by atoms with Crippen LogP contribution in [0.1, 0.15) is 31.4 Å². The highest BCUT2D eigenvalue weighted by Gasteiger charge is 2.03. The third-order valence-corrected chi connectivity index (χ3v) is 2.53. The lowest BCUT2D eigenvalue weighted by molar-refractivity contribution is 1.22. The zero-order chi connectivity index (χ0) is 12.0. The number of allylic oxidation sites excluding steroid dienone is 5. The molecule has 1 aromatic rings. The van der Waals surface area contributed by atoms with E-state index in [0.717, 1.165) is 12.0 Å². The molecule has 0 bridgehead atoms. The second kappa shape index (κ2) is 6.12. The Morgan fingerprint density at radius 1 is 1.31 bits per heavy atom. The van der Waals surface area contributed by atoms with E-state index in [0.29, 0.717) is 0 Å². The summed E-state index contributed by atoms with van der Waals surface area (Å²) in [4.78, 5) is 0. The highest BCUT2D eigenvalue weighted by atomic mass is 14.1. The van der Waals surface area contributed by atoms with E-state index in [-0.39, 0.29) is 0 Å². The second-order valence-corrected chi connectivity index (χ2v) is 4.01. The fourth-order valence-electron chi connectivity index (χ4n) is 1.64. The first-order valence-electron chi connectivity index (χ1n) is 5.75. The van der Waals surface area contributed by atoms with Crippen LogP contribution in [0.4, 0.5) is 0 Å². The van der Waals surface area contributed by atoms with Crippen LogP contribution < -0.4 is 0 Å². The fourth-order valence-corrected chi connectivity index (χ4v) is 1.64. The molecule has 0 aliphatic heterocycles. The topological polar surface area (TPSA) is 0 Å². The van der Waals surface area contributed by atoms with Gasteiger partial charge in [0.15, 0.2) is 0 Å². The Hall–Kier alpha value is -1.56. The highest BCUT2D eigenvalue weighted by molar-refractivity contribution is 5.80.